The molecule has 3 atom stereocenters. The summed E-state index contributed by atoms with van der Waals surface area (Å²) in [5, 5.41) is 16.2. The number of likely N-dealkylation sites (N-methyl/N-ethyl adjacent to an activating group) is 1. The van der Waals surface area contributed by atoms with E-state index >= 15 is 0 Å². The van der Waals surface area contributed by atoms with Crippen molar-refractivity contribution in [3.63, 3.8) is 0 Å². The van der Waals surface area contributed by atoms with Crippen LogP contribution in [0, 0.1) is 10.1 Å². The van der Waals surface area contributed by atoms with Gasteiger partial charge < -0.3 is 10.1 Å². The van der Waals surface area contributed by atoms with Crippen molar-refractivity contribution in [2.45, 2.75) is 24.1 Å². The molecule has 2 heterocycles. The second-order valence-corrected chi connectivity index (χ2v) is 9.40. The van der Waals surface area contributed by atoms with Crippen molar-refractivity contribution >= 4 is 34.8 Å². The van der Waals surface area contributed by atoms with Crippen molar-refractivity contribution in [2.24, 2.45) is 0 Å². The zero-order valence-electron chi connectivity index (χ0n) is 18.2. The summed E-state index contributed by atoms with van der Waals surface area (Å²) in [4.78, 5) is 27.1. The number of carbonyl (C=O) groups is 1. The number of rotatable bonds is 5. The zero-order valence-corrected chi connectivity index (χ0v) is 19.7. The fraction of sp³-hybridized carbons (Fsp3) is 0.240. The van der Waals surface area contributed by atoms with Gasteiger partial charge in [0.15, 0.2) is 5.54 Å². The summed E-state index contributed by atoms with van der Waals surface area (Å²) >= 11 is 12.0. The third kappa shape index (κ3) is 3.52. The number of hydrogen-bond donors (Lipinski definition) is 1. The summed E-state index contributed by atoms with van der Waals surface area (Å²) in [6.07, 6.45) is 0. The Bertz CT molecular complexity index is 1280. The Kier molecular flexibility index (Phi) is 5.72. The minimum absolute atomic E-state index is 0.306. The van der Waals surface area contributed by atoms with E-state index in [1.165, 1.54) is 0 Å². The number of fused-ring (bicyclic) bond motifs is 2. The van der Waals surface area contributed by atoms with Gasteiger partial charge >= 0.3 is 0 Å². The van der Waals surface area contributed by atoms with E-state index in [4.69, 9.17) is 27.9 Å². The quantitative estimate of drug-likeness (QED) is 0.391. The second kappa shape index (κ2) is 8.58. The number of carbonyl (C=O) groups excluding carboxylic acids is 1. The Morgan fingerprint density at radius 1 is 1.12 bits per heavy atom. The molecule has 0 aromatic heterocycles. The minimum Gasteiger partial charge on any atom is -0.489 e. The number of amides is 1. The van der Waals surface area contributed by atoms with Crippen molar-refractivity contribution in [3.05, 3.63) is 104 Å². The highest BCUT2D eigenvalue weighted by Crippen LogP contribution is 2.52. The maximum atomic E-state index is 13.2. The van der Waals surface area contributed by atoms with E-state index in [0.29, 0.717) is 40.2 Å². The zero-order chi connectivity index (χ0) is 24.0. The lowest BCUT2D eigenvalue weighted by atomic mass is 9.79. The SMILES string of the molecule is CN1C[C@H](c2ccc(OCc3ccc(Cl)c(Cl)c3)cc2)[C@H]([N+](=O)[O-])[C@]12C(=O)Nc1ccccc12. The van der Waals surface area contributed by atoms with Gasteiger partial charge in [0.2, 0.25) is 0 Å². The minimum atomic E-state index is -1.35. The summed E-state index contributed by atoms with van der Waals surface area (Å²) in [5.74, 6) is -0.208. The molecule has 0 aliphatic carbocycles. The molecule has 0 bridgehead atoms. The summed E-state index contributed by atoms with van der Waals surface area (Å²) in [5.41, 5.74) is 1.57. The highest BCUT2D eigenvalue weighted by atomic mass is 35.5. The van der Waals surface area contributed by atoms with E-state index in [0.717, 1.165) is 11.1 Å². The first-order chi connectivity index (χ1) is 16.3. The standard InChI is InChI=1S/C25H21Cl2N3O4/c1-29-13-18(23(30(32)33)25(29)19-4-2-3-5-22(19)28-24(25)31)16-7-9-17(10-8-16)34-14-15-6-11-20(26)21(27)12-15/h2-12,18,23H,13-14H2,1H3,(H,28,31)/t18-,23+,25-/m1/s1. The van der Waals surface area contributed by atoms with Crippen LogP contribution < -0.4 is 10.1 Å². The Hall–Kier alpha value is -3.13. The lowest BCUT2D eigenvalue weighted by Gasteiger charge is -2.30. The predicted molar refractivity (Wildman–Crippen MR) is 130 cm³/mol. The number of likely N-dealkylation sites (tertiary alicyclic amines) is 1. The molecule has 174 valence electrons. The van der Waals surface area contributed by atoms with Gasteiger partial charge in [-0.3, -0.25) is 19.8 Å². The van der Waals surface area contributed by atoms with Gasteiger partial charge in [-0.25, -0.2) is 0 Å². The molecule has 9 heteroatoms. The van der Waals surface area contributed by atoms with Gasteiger partial charge in [0.1, 0.15) is 12.4 Å². The molecule has 3 aromatic carbocycles. The molecule has 2 aliphatic rings. The lowest BCUT2D eigenvalue weighted by molar-refractivity contribution is -0.534. The van der Waals surface area contributed by atoms with Gasteiger partial charge in [0.25, 0.3) is 11.9 Å². The highest BCUT2D eigenvalue weighted by molar-refractivity contribution is 6.42. The fourth-order valence-electron chi connectivity index (χ4n) is 5.19. The predicted octanol–water partition coefficient (Wildman–Crippen LogP) is 5.09. The Morgan fingerprint density at radius 2 is 1.85 bits per heavy atom. The van der Waals surface area contributed by atoms with Crippen LogP contribution in [0.3, 0.4) is 0 Å². The van der Waals surface area contributed by atoms with Crippen LogP contribution in [-0.4, -0.2) is 35.4 Å². The number of halogens is 2. The van der Waals surface area contributed by atoms with Crippen LogP contribution in [0.5, 0.6) is 5.75 Å². The van der Waals surface area contributed by atoms with Gasteiger partial charge in [-0.2, -0.15) is 0 Å². The van der Waals surface area contributed by atoms with Crippen LogP contribution in [0.25, 0.3) is 0 Å². The van der Waals surface area contributed by atoms with Gasteiger partial charge in [0, 0.05) is 22.7 Å². The molecule has 1 saturated heterocycles. The van der Waals surface area contributed by atoms with E-state index in [2.05, 4.69) is 5.32 Å². The molecule has 0 radical (unpaired) electrons. The molecule has 0 unspecified atom stereocenters. The number of para-hydroxylation sites is 1. The highest BCUT2D eigenvalue weighted by Gasteiger charge is 2.68. The topological polar surface area (TPSA) is 84.7 Å². The summed E-state index contributed by atoms with van der Waals surface area (Å²) in [7, 11) is 1.77. The molecule has 2 aliphatic heterocycles. The smallest absolute Gasteiger partial charge is 0.256 e. The Morgan fingerprint density at radius 3 is 2.56 bits per heavy atom. The molecular weight excluding hydrogens is 477 g/mol. The normalized spacial score (nSPS) is 23.7. The van der Waals surface area contributed by atoms with Crippen LogP contribution in [0.1, 0.15) is 22.6 Å². The number of ether oxygens (including phenoxy) is 1. The van der Waals surface area contributed by atoms with E-state index in [1.54, 1.807) is 54.4 Å². The molecule has 7 nitrogen and oxygen atoms in total. The molecule has 5 rings (SSSR count). The fourth-order valence-corrected chi connectivity index (χ4v) is 5.51. The second-order valence-electron chi connectivity index (χ2n) is 8.59. The Labute approximate surface area is 206 Å². The molecule has 3 aromatic rings. The number of benzene rings is 3. The first-order valence-electron chi connectivity index (χ1n) is 10.7. The van der Waals surface area contributed by atoms with Crippen molar-refractivity contribution < 1.29 is 14.5 Å². The van der Waals surface area contributed by atoms with Gasteiger partial charge in [-0.15, -0.1) is 0 Å². The third-order valence-electron chi connectivity index (χ3n) is 6.74. The molecule has 1 fully saturated rings. The number of nitrogens with zero attached hydrogens (tertiary/aromatic N) is 2. The van der Waals surface area contributed by atoms with Gasteiger partial charge in [-0.1, -0.05) is 59.6 Å². The molecule has 1 spiro atoms. The monoisotopic (exact) mass is 497 g/mol. The van der Waals surface area contributed by atoms with E-state index in [9.17, 15) is 14.9 Å². The van der Waals surface area contributed by atoms with Gasteiger partial charge in [-0.05, 0) is 48.5 Å². The first kappa shape index (κ1) is 22.7. The summed E-state index contributed by atoms with van der Waals surface area (Å²) in [6, 6.07) is 18.6. The number of anilines is 1. The molecule has 0 saturated carbocycles. The average Bonchev–Trinajstić information content (AvgIpc) is 3.30. The largest absolute Gasteiger partial charge is 0.489 e. The third-order valence-corrected chi connectivity index (χ3v) is 7.48. The van der Waals surface area contributed by atoms with Crippen LogP contribution >= 0.6 is 23.2 Å². The van der Waals surface area contributed by atoms with E-state index in [1.807, 2.05) is 24.3 Å². The van der Waals surface area contributed by atoms with Crippen LogP contribution in [-0.2, 0) is 16.9 Å². The molecule has 34 heavy (non-hydrogen) atoms. The summed E-state index contributed by atoms with van der Waals surface area (Å²) in [6.45, 7) is 0.677. The summed E-state index contributed by atoms with van der Waals surface area (Å²) < 4.78 is 5.85. The first-order valence-corrected chi connectivity index (χ1v) is 11.5. The molecule has 1 amide bonds. The number of nitro groups is 1. The molecular formula is C25H21Cl2N3O4. The van der Waals surface area contributed by atoms with E-state index < -0.39 is 17.5 Å². The lowest BCUT2D eigenvalue weighted by Crippen LogP contribution is -2.54. The Balaban J connectivity index is 1.41. The van der Waals surface area contributed by atoms with Gasteiger partial charge in [0.05, 0.1) is 16.0 Å². The van der Waals surface area contributed by atoms with Crippen molar-refractivity contribution in [1.29, 1.82) is 0 Å². The van der Waals surface area contributed by atoms with Crippen molar-refractivity contribution in [3.8, 4) is 5.75 Å². The van der Waals surface area contributed by atoms with Crippen molar-refractivity contribution in [2.75, 3.05) is 18.9 Å². The molecule has 1 N–H and O–H groups in total. The van der Waals surface area contributed by atoms with Crippen LogP contribution in [0.2, 0.25) is 10.0 Å². The average molecular weight is 498 g/mol. The van der Waals surface area contributed by atoms with E-state index in [-0.39, 0.29) is 10.8 Å². The number of nitrogens with one attached hydrogen (secondary N) is 1. The van der Waals surface area contributed by atoms with Crippen molar-refractivity contribution in [1.82, 2.24) is 4.90 Å². The van der Waals surface area contributed by atoms with Crippen LogP contribution in [0.15, 0.2) is 66.7 Å². The van der Waals surface area contributed by atoms with Crippen LogP contribution in [0.4, 0.5) is 5.69 Å². The number of hydrogen-bond acceptors (Lipinski definition) is 5. The maximum Gasteiger partial charge on any atom is 0.256 e. The maximum absolute atomic E-state index is 13.2.